The zero-order valence-corrected chi connectivity index (χ0v) is 19.8. The summed E-state index contributed by atoms with van der Waals surface area (Å²) >= 11 is 0. The predicted molar refractivity (Wildman–Crippen MR) is 117 cm³/mol. The van der Waals surface area contributed by atoms with Crippen LogP contribution in [0.25, 0.3) is 11.3 Å². The van der Waals surface area contributed by atoms with Gasteiger partial charge in [-0.15, -0.1) is 0 Å². The zero-order valence-electron chi connectivity index (χ0n) is 19.0. The minimum absolute atomic E-state index is 0.311. The summed E-state index contributed by atoms with van der Waals surface area (Å²) in [5.41, 5.74) is -4.00. The Hall–Kier alpha value is -2.22. The molecule has 0 spiro atoms. The van der Waals surface area contributed by atoms with Crippen LogP contribution in [0.15, 0.2) is 36.5 Å². The first-order valence-corrected chi connectivity index (χ1v) is 12.5. The summed E-state index contributed by atoms with van der Waals surface area (Å²) in [4.78, 5) is 6.46. The molecule has 35 heavy (non-hydrogen) atoms. The van der Waals surface area contributed by atoms with Crippen molar-refractivity contribution >= 4 is 10.0 Å². The largest absolute Gasteiger partial charge is 0.430 e. The highest BCUT2D eigenvalue weighted by Gasteiger charge is 2.71. The number of hydrogen-bond donors (Lipinski definition) is 1. The summed E-state index contributed by atoms with van der Waals surface area (Å²) in [6.07, 6.45) is -8.65. The van der Waals surface area contributed by atoms with Gasteiger partial charge in [-0.05, 0) is 17.5 Å². The molecule has 1 aliphatic rings. The van der Waals surface area contributed by atoms with E-state index in [0.717, 1.165) is 29.5 Å². The van der Waals surface area contributed by atoms with Crippen molar-refractivity contribution in [3.05, 3.63) is 53.2 Å². The van der Waals surface area contributed by atoms with Crippen molar-refractivity contribution in [2.75, 3.05) is 32.4 Å². The second-order valence-electron chi connectivity index (χ2n) is 8.43. The molecule has 0 amide bonds. The second-order valence-corrected chi connectivity index (χ2v) is 10.4. The molecular formula is C22H25F6N3O3S. The Morgan fingerprint density at radius 1 is 0.971 bits per heavy atom. The number of benzene rings is 1. The van der Waals surface area contributed by atoms with Crippen molar-refractivity contribution < 1.29 is 39.9 Å². The van der Waals surface area contributed by atoms with Gasteiger partial charge in [0.15, 0.2) is 0 Å². The fourth-order valence-electron chi connectivity index (χ4n) is 4.01. The SMILES string of the molecule is CCc1cc(CN2CCN(S(C)(=O)=O)CC2)cnc1-c1ccc(C(O)(C(F)(F)F)C(F)(F)F)cc1. The number of alkyl halides is 6. The molecule has 1 N–H and O–H groups in total. The number of piperazine rings is 1. The van der Waals surface area contributed by atoms with E-state index >= 15 is 0 Å². The number of aliphatic hydroxyl groups is 1. The quantitative estimate of drug-likeness (QED) is 0.583. The minimum atomic E-state index is -5.95. The number of nitrogens with zero attached hydrogens (tertiary/aromatic N) is 3. The van der Waals surface area contributed by atoms with E-state index in [1.54, 1.807) is 6.20 Å². The van der Waals surface area contributed by atoms with E-state index in [1.807, 2.05) is 13.0 Å². The summed E-state index contributed by atoms with van der Waals surface area (Å²) in [7, 11) is -3.24. The fraction of sp³-hybridized carbons (Fsp3) is 0.500. The molecule has 2 aromatic rings. The lowest BCUT2D eigenvalue weighted by molar-refractivity contribution is -0.376. The van der Waals surface area contributed by atoms with Gasteiger partial charge in [-0.2, -0.15) is 30.6 Å². The van der Waals surface area contributed by atoms with Gasteiger partial charge in [-0.3, -0.25) is 9.88 Å². The number of rotatable bonds is 6. The van der Waals surface area contributed by atoms with E-state index in [-0.39, 0.29) is 0 Å². The van der Waals surface area contributed by atoms with E-state index in [1.165, 1.54) is 4.31 Å². The lowest BCUT2D eigenvalue weighted by Crippen LogP contribution is -2.53. The highest BCUT2D eigenvalue weighted by molar-refractivity contribution is 7.88. The smallest absolute Gasteiger partial charge is 0.369 e. The second kappa shape index (κ2) is 9.68. The van der Waals surface area contributed by atoms with Gasteiger partial charge >= 0.3 is 12.4 Å². The molecule has 0 radical (unpaired) electrons. The third-order valence-electron chi connectivity index (χ3n) is 6.01. The molecule has 0 saturated carbocycles. The van der Waals surface area contributed by atoms with Crippen LogP contribution in [-0.2, 0) is 28.6 Å². The van der Waals surface area contributed by atoms with Gasteiger partial charge in [0, 0.05) is 50.0 Å². The molecule has 6 nitrogen and oxygen atoms in total. The van der Waals surface area contributed by atoms with Crippen LogP contribution in [0.3, 0.4) is 0 Å². The number of aryl methyl sites for hydroxylation is 1. The fourth-order valence-corrected chi connectivity index (χ4v) is 4.84. The molecule has 2 heterocycles. The number of aromatic nitrogens is 1. The molecule has 194 valence electrons. The van der Waals surface area contributed by atoms with Crippen LogP contribution in [-0.4, -0.2) is 72.5 Å². The molecule has 0 aliphatic carbocycles. The van der Waals surface area contributed by atoms with Crippen molar-refractivity contribution in [2.24, 2.45) is 0 Å². The van der Waals surface area contributed by atoms with Crippen LogP contribution < -0.4 is 0 Å². The highest BCUT2D eigenvalue weighted by atomic mass is 32.2. The predicted octanol–water partition coefficient (Wildman–Crippen LogP) is 3.70. The average molecular weight is 526 g/mol. The Morgan fingerprint density at radius 3 is 1.97 bits per heavy atom. The molecule has 1 aromatic carbocycles. The molecule has 1 aliphatic heterocycles. The van der Waals surface area contributed by atoms with Gasteiger partial charge in [0.05, 0.1) is 11.9 Å². The monoisotopic (exact) mass is 525 g/mol. The maximum absolute atomic E-state index is 13.1. The summed E-state index contributed by atoms with van der Waals surface area (Å²) in [5, 5.41) is 9.56. The Kier molecular flexibility index (Phi) is 7.57. The normalized spacial score (nSPS) is 17.1. The Labute approximate surface area is 199 Å². The van der Waals surface area contributed by atoms with Crippen LogP contribution in [0.2, 0.25) is 0 Å². The summed E-state index contributed by atoms with van der Waals surface area (Å²) < 4.78 is 103. The summed E-state index contributed by atoms with van der Waals surface area (Å²) in [6.45, 7) is 4.19. The van der Waals surface area contributed by atoms with Crippen molar-refractivity contribution in [1.29, 1.82) is 0 Å². The van der Waals surface area contributed by atoms with Crippen LogP contribution in [0.5, 0.6) is 0 Å². The van der Waals surface area contributed by atoms with Gasteiger partial charge in [-0.1, -0.05) is 37.3 Å². The topological polar surface area (TPSA) is 73.7 Å². The molecular weight excluding hydrogens is 500 g/mol. The van der Waals surface area contributed by atoms with E-state index in [4.69, 9.17) is 0 Å². The van der Waals surface area contributed by atoms with E-state index < -0.39 is 33.5 Å². The van der Waals surface area contributed by atoms with E-state index in [9.17, 15) is 39.9 Å². The lowest BCUT2D eigenvalue weighted by atomic mass is 9.90. The average Bonchev–Trinajstić information content (AvgIpc) is 2.77. The van der Waals surface area contributed by atoms with Crippen LogP contribution in [0.4, 0.5) is 26.3 Å². The minimum Gasteiger partial charge on any atom is -0.369 e. The van der Waals surface area contributed by atoms with Crippen molar-refractivity contribution in [3.8, 4) is 11.3 Å². The maximum atomic E-state index is 13.1. The summed E-state index contributed by atoms with van der Waals surface area (Å²) in [5.74, 6) is 0. The molecule has 0 bridgehead atoms. The first-order valence-electron chi connectivity index (χ1n) is 10.7. The molecule has 13 heteroatoms. The molecule has 1 fully saturated rings. The van der Waals surface area contributed by atoms with Gasteiger partial charge < -0.3 is 5.11 Å². The van der Waals surface area contributed by atoms with Gasteiger partial charge in [0.2, 0.25) is 10.0 Å². The Morgan fingerprint density at radius 2 is 1.51 bits per heavy atom. The Bertz CT molecular complexity index is 1130. The standard InChI is InChI=1S/C22H25F6N3O3S/c1-3-16-12-15(14-30-8-10-31(11-9-30)35(2,33)34)13-29-19(16)17-4-6-18(7-5-17)20(32,21(23,24)25)22(26,27)28/h4-7,12-13,32H,3,8-11,14H2,1-2H3. The number of halogens is 6. The van der Waals surface area contributed by atoms with Gasteiger partial charge in [0.25, 0.3) is 5.60 Å². The molecule has 3 rings (SSSR count). The van der Waals surface area contributed by atoms with Crippen LogP contribution in [0, 0.1) is 0 Å². The van der Waals surface area contributed by atoms with Gasteiger partial charge in [-0.25, -0.2) is 8.42 Å². The molecule has 0 atom stereocenters. The first-order chi connectivity index (χ1) is 16.1. The molecule has 0 unspecified atom stereocenters. The highest BCUT2D eigenvalue weighted by Crippen LogP contribution is 2.50. The Balaban J connectivity index is 1.81. The van der Waals surface area contributed by atoms with Crippen molar-refractivity contribution in [1.82, 2.24) is 14.2 Å². The number of sulfonamides is 1. The van der Waals surface area contributed by atoms with E-state index in [0.29, 0.717) is 62.5 Å². The number of hydrogen-bond acceptors (Lipinski definition) is 5. The van der Waals surface area contributed by atoms with Crippen molar-refractivity contribution in [2.45, 2.75) is 37.8 Å². The number of pyridine rings is 1. The first kappa shape index (κ1) is 27.4. The third kappa shape index (κ3) is 5.63. The summed E-state index contributed by atoms with van der Waals surface area (Å²) in [6, 6.07) is 5.22. The van der Waals surface area contributed by atoms with Crippen LogP contribution >= 0.6 is 0 Å². The van der Waals surface area contributed by atoms with Crippen molar-refractivity contribution in [3.63, 3.8) is 0 Å². The molecule has 1 aromatic heterocycles. The lowest BCUT2D eigenvalue weighted by Gasteiger charge is -2.33. The van der Waals surface area contributed by atoms with Crippen LogP contribution in [0.1, 0.15) is 23.6 Å². The molecule has 1 saturated heterocycles. The maximum Gasteiger partial charge on any atom is 0.430 e. The van der Waals surface area contributed by atoms with E-state index in [2.05, 4.69) is 9.88 Å². The third-order valence-corrected chi connectivity index (χ3v) is 7.31. The zero-order chi connectivity index (χ0) is 26.2. The van der Waals surface area contributed by atoms with Gasteiger partial charge in [0.1, 0.15) is 0 Å².